The van der Waals surface area contributed by atoms with E-state index < -0.39 is 30.2 Å². The van der Waals surface area contributed by atoms with Crippen LogP contribution in [0.3, 0.4) is 0 Å². The molecule has 6 nitrogen and oxygen atoms in total. The van der Waals surface area contributed by atoms with E-state index in [4.69, 9.17) is 0 Å². The number of pyridine rings is 1. The molecule has 0 spiro atoms. The number of hydrogen-bond acceptors (Lipinski definition) is 4. The monoisotopic (exact) mass is 399 g/mol. The van der Waals surface area contributed by atoms with Crippen LogP contribution >= 0.6 is 0 Å². The van der Waals surface area contributed by atoms with Gasteiger partial charge in [-0.1, -0.05) is 12.1 Å². The molecule has 0 aliphatic heterocycles. The molecule has 1 unspecified atom stereocenters. The Morgan fingerprint density at radius 1 is 1.18 bits per heavy atom. The highest BCUT2D eigenvalue weighted by molar-refractivity contribution is 5.96. The fraction of sp³-hybridized carbons (Fsp3) is 0.278. The molecule has 0 aliphatic carbocycles. The first-order valence-corrected chi connectivity index (χ1v) is 8.08. The zero-order valence-electron chi connectivity index (χ0n) is 14.9. The first kappa shape index (κ1) is 21.1. The van der Waals surface area contributed by atoms with Crippen molar-refractivity contribution >= 4 is 17.6 Å². The summed E-state index contributed by atoms with van der Waals surface area (Å²) in [5, 5.41) is 5.08. The smallest absolute Gasteiger partial charge is 0.428 e. The number of ether oxygens (including phenoxy) is 1. The van der Waals surface area contributed by atoms with Gasteiger partial charge in [-0.2, -0.15) is 17.6 Å². The number of carbonyl (C=O) groups is 2. The third-order valence-electron chi connectivity index (χ3n) is 3.54. The second kappa shape index (κ2) is 8.68. The van der Waals surface area contributed by atoms with Crippen molar-refractivity contribution in [2.75, 3.05) is 5.32 Å². The minimum absolute atomic E-state index is 0.192. The number of nitrogens with one attached hydrogen (secondary N) is 2. The van der Waals surface area contributed by atoms with E-state index >= 15 is 0 Å². The quantitative estimate of drug-likeness (QED) is 0.695. The lowest BCUT2D eigenvalue weighted by atomic mass is 10.1. The van der Waals surface area contributed by atoms with Crippen molar-refractivity contribution in [2.24, 2.45) is 0 Å². The van der Waals surface area contributed by atoms with Gasteiger partial charge in [0.2, 0.25) is 5.91 Å². The molecule has 2 aromatic rings. The largest absolute Gasteiger partial charge is 0.461 e. The maximum absolute atomic E-state index is 13.0. The Balaban J connectivity index is 2.10. The maximum atomic E-state index is 13.0. The van der Waals surface area contributed by atoms with Gasteiger partial charge in [-0.25, -0.2) is 4.98 Å². The first-order valence-electron chi connectivity index (χ1n) is 8.08. The van der Waals surface area contributed by atoms with Crippen molar-refractivity contribution < 1.29 is 31.9 Å². The van der Waals surface area contributed by atoms with E-state index in [-0.39, 0.29) is 17.3 Å². The second-order valence-corrected chi connectivity index (χ2v) is 5.84. The Kier molecular flexibility index (Phi) is 6.55. The highest BCUT2D eigenvalue weighted by Crippen LogP contribution is 2.29. The zero-order valence-corrected chi connectivity index (χ0v) is 14.9. The van der Waals surface area contributed by atoms with E-state index in [0.29, 0.717) is 5.56 Å². The van der Waals surface area contributed by atoms with Crippen molar-refractivity contribution in [3.05, 3.63) is 53.7 Å². The van der Waals surface area contributed by atoms with E-state index in [2.05, 4.69) is 20.4 Å². The third-order valence-corrected chi connectivity index (χ3v) is 3.54. The number of alkyl halides is 4. The van der Waals surface area contributed by atoms with Crippen LogP contribution in [0.1, 0.15) is 35.8 Å². The predicted molar refractivity (Wildman–Crippen MR) is 92.4 cm³/mol. The highest BCUT2D eigenvalue weighted by atomic mass is 19.3. The summed E-state index contributed by atoms with van der Waals surface area (Å²) in [6.07, 6.45) is -7.26. The maximum Gasteiger partial charge on any atom is 0.461 e. The summed E-state index contributed by atoms with van der Waals surface area (Å²) in [4.78, 5) is 27.3. The first-order chi connectivity index (χ1) is 13.1. The van der Waals surface area contributed by atoms with Gasteiger partial charge in [0.25, 0.3) is 5.91 Å². The number of nitrogens with zero attached hydrogens (tertiary/aromatic N) is 1. The fourth-order valence-electron chi connectivity index (χ4n) is 2.23. The lowest BCUT2D eigenvalue weighted by Crippen LogP contribution is -2.33. The molecule has 1 atom stereocenters. The average Bonchev–Trinajstić information content (AvgIpc) is 2.61. The van der Waals surface area contributed by atoms with Crippen molar-refractivity contribution in [1.29, 1.82) is 0 Å². The van der Waals surface area contributed by atoms with Crippen LogP contribution in [0.15, 0.2) is 42.6 Å². The van der Waals surface area contributed by atoms with Crippen LogP contribution in [-0.2, 0) is 4.79 Å². The number of rotatable bonds is 7. The molecule has 28 heavy (non-hydrogen) atoms. The van der Waals surface area contributed by atoms with Crippen LogP contribution in [0.25, 0.3) is 0 Å². The van der Waals surface area contributed by atoms with Gasteiger partial charge in [-0.3, -0.25) is 9.59 Å². The normalized spacial score (nSPS) is 12.4. The number of amides is 2. The SMILES string of the molecule is CC(=O)Nc1cc(C(=O)NC(C)c2cccc(OC(F)(F)C(F)F)c2)ccn1. The van der Waals surface area contributed by atoms with Crippen molar-refractivity contribution in [2.45, 2.75) is 32.4 Å². The lowest BCUT2D eigenvalue weighted by Gasteiger charge is -2.19. The second-order valence-electron chi connectivity index (χ2n) is 5.84. The molecule has 0 aliphatic rings. The fourth-order valence-corrected chi connectivity index (χ4v) is 2.23. The number of halogens is 4. The van der Waals surface area contributed by atoms with Crippen LogP contribution in [0, 0.1) is 0 Å². The molecule has 10 heteroatoms. The molecule has 0 radical (unpaired) electrons. The van der Waals surface area contributed by atoms with Gasteiger partial charge in [0.15, 0.2) is 0 Å². The molecule has 1 aromatic heterocycles. The summed E-state index contributed by atoms with van der Waals surface area (Å²) in [7, 11) is 0. The molecule has 0 bridgehead atoms. The molecule has 0 saturated heterocycles. The molecule has 2 rings (SSSR count). The summed E-state index contributed by atoms with van der Waals surface area (Å²) in [6, 6.07) is 7.26. The minimum atomic E-state index is -4.62. The molecular formula is C18H17F4N3O3. The molecule has 1 aromatic carbocycles. The number of aromatic nitrogens is 1. The Morgan fingerprint density at radius 3 is 2.54 bits per heavy atom. The third kappa shape index (κ3) is 5.66. The summed E-state index contributed by atoms with van der Waals surface area (Å²) in [5.41, 5.74) is 0.578. The van der Waals surface area contributed by atoms with Gasteiger partial charge < -0.3 is 15.4 Å². The van der Waals surface area contributed by atoms with Gasteiger partial charge in [-0.15, -0.1) is 0 Å². The number of benzene rings is 1. The van der Waals surface area contributed by atoms with E-state index in [1.54, 1.807) is 6.92 Å². The van der Waals surface area contributed by atoms with Crippen molar-refractivity contribution in [3.63, 3.8) is 0 Å². The standard InChI is InChI=1S/C18H17F4N3O3/c1-10(12-4-3-5-14(8-12)28-18(21,22)17(19)20)24-16(27)13-6-7-23-15(9-13)25-11(2)26/h3-10,17H,1-2H3,(H,24,27)(H,23,25,26). The summed E-state index contributed by atoms with van der Waals surface area (Å²) < 4.78 is 54.7. The van der Waals surface area contributed by atoms with Crippen LogP contribution in [-0.4, -0.2) is 29.3 Å². The van der Waals surface area contributed by atoms with Gasteiger partial charge >= 0.3 is 12.5 Å². The molecule has 2 amide bonds. The summed E-state index contributed by atoms with van der Waals surface area (Å²) in [5.74, 6) is -1.13. The van der Waals surface area contributed by atoms with Crippen molar-refractivity contribution in [3.8, 4) is 5.75 Å². The zero-order chi connectivity index (χ0) is 20.9. The van der Waals surface area contributed by atoms with Crippen LogP contribution in [0.4, 0.5) is 23.4 Å². The van der Waals surface area contributed by atoms with Crippen LogP contribution in [0.5, 0.6) is 5.75 Å². The molecule has 1 heterocycles. The number of anilines is 1. The van der Waals surface area contributed by atoms with Crippen LogP contribution < -0.4 is 15.4 Å². The van der Waals surface area contributed by atoms with Gasteiger partial charge in [-0.05, 0) is 36.8 Å². The Morgan fingerprint density at radius 2 is 1.89 bits per heavy atom. The molecule has 0 fully saturated rings. The highest BCUT2D eigenvalue weighted by Gasteiger charge is 2.44. The van der Waals surface area contributed by atoms with E-state index in [9.17, 15) is 27.2 Å². The number of hydrogen-bond donors (Lipinski definition) is 2. The molecule has 150 valence electrons. The Bertz CT molecular complexity index is 861. The number of carbonyl (C=O) groups excluding carboxylic acids is 2. The van der Waals surface area contributed by atoms with E-state index in [1.165, 1.54) is 37.4 Å². The van der Waals surface area contributed by atoms with Crippen molar-refractivity contribution in [1.82, 2.24) is 10.3 Å². The van der Waals surface area contributed by atoms with Gasteiger partial charge in [0, 0.05) is 18.7 Å². The average molecular weight is 399 g/mol. The molecular weight excluding hydrogens is 382 g/mol. The Labute approximate surface area is 157 Å². The van der Waals surface area contributed by atoms with Gasteiger partial charge in [0.05, 0.1) is 6.04 Å². The molecule has 0 saturated carbocycles. The van der Waals surface area contributed by atoms with E-state index in [0.717, 1.165) is 12.1 Å². The van der Waals surface area contributed by atoms with Gasteiger partial charge in [0.1, 0.15) is 11.6 Å². The summed E-state index contributed by atoms with van der Waals surface area (Å²) >= 11 is 0. The predicted octanol–water partition coefficient (Wildman–Crippen LogP) is 3.77. The molecule has 2 N–H and O–H groups in total. The minimum Gasteiger partial charge on any atom is -0.428 e. The summed E-state index contributed by atoms with van der Waals surface area (Å²) in [6.45, 7) is 2.88. The van der Waals surface area contributed by atoms with E-state index in [1.807, 2.05) is 0 Å². The van der Waals surface area contributed by atoms with Crippen LogP contribution in [0.2, 0.25) is 0 Å². The lowest BCUT2D eigenvalue weighted by molar-refractivity contribution is -0.253. The topological polar surface area (TPSA) is 80.3 Å². The Hall–Kier alpha value is -3.17.